The Morgan fingerprint density at radius 3 is 2.24 bits per heavy atom. The molecule has 4 unspecified atom stereocenters. The summed E-state index contributed by atoms with van der Waals surface area (Å²) in [6.07, 6.45) is 15.1. The van der Waals surface area contributed by atoms with Crippen LogP contribution in [0.15, 0.2) is 0 Å². The van der Waals surface area contributed by atoms with E-state index >= 15 is 0 Å². The summed E-state index contributed by atoms with van der Waals surface area (Å²) in [6, 6.07) is -0.334. The average Bonchev–Trinajstić information content (AvgIpc) is 3.49. The summed E-state index contributed by atoms with van der Waals surface area (Å²) in [5, 5.41) is 13.0. The molecule has 54 heavy (non-hydrogen) atoms. The molecule has 3 rings (SSSR count). The van der Waals surface area contributed by atoms with Crippen LogP contribution in [0.2, 0.25) is 0 Å². The van der Waals surface area contributed by atoms with Gasteiger partial charge in [0.25, 0.3) is 0 Å². The Morgan fingerprint density at radius 2 is 1.59 bits per heavy atom. The molecule has 0 radical (unpaired) electrons. The van der Waals surface area contributed by atoms with Gasteiger partial charge in [0, 0.05) is 38.8 Å². The van der Waals surface area contributed by atoms with Crippen molar-refractivity contribution >= 4 is 19.6 Å². The van der Waals surface area contributed by atoms with Crippen LogP contribution in [0.1, 0.15) is 153 Å². The first-order chi connectivity index (χ1) is 25.4. The molecule has 2 heterocycles. The molecule has 11 heteroatoms. The van der Waals surface area contributed by atoms with Gasteiger partial charge < -0.3 is 33.8 Å². The van der Waals surface area contributed by atoms with Gasteiger partial charge in [-0.2, -0.15) is 0 Å². The Balaban J connectivity index is 1.39. The first kappa shape index (κ1) is 46.3. The molecule has 2 amide bonds. The topological polar surface area (TPSA) is 124 Å². The number of nitrogens with one attached hydrogen (secondary N) is 1. The van der Waals surface area contributed by atoms with E-state index in [1.54, 1.807) is 4.90 Å². The number of rotatable bonds is 23. The summed E-state index contributed by atoms with van der Waals surface area (Å²) in [5.41, 5.74) is 3.88. The number of hydrogen-bond acceptors (Lipinski definition) is 8. The Kier molecular flexibility index (Phi) is 18.8. The SMILES string of the molecule is COP(C)(=O)OCC1CC(O)CN1C(=O)CCCCCNC(=O)Oc1c(C)c(C)c2c(c1C)CCC(C)(CCC[C@H](C)CCC[C@H](C)CCCC(C)C)O2. The second-order valence-electron chi connectivity index (χ2n) is 17.4. The van der Waals surface area contributed by atoms with E-state index in [0.29, 0.717) is 38.0 Å². The van der Waals surface area contributed by atoms with E-state index < -0.39 is 19.8 Å². The molecule has 0 aliphatic carbocycles. The maximum Gasteiger partial charge on any atom is 0.412 e. The third-order valence-corrected chi connectivity index (χ3v) is 13.2. The number of nitrogens with zero attached hydrogens (tertiary/aromatic N) is 1. The number of benzene rings is 1. The van der Waals surface area contributed by atoms with Gasteiger partial charge in [-0.1, -0.05) is 79.1 Å². The summed E-state index contributed by atoms with van der Waals surface area (Å²) in [7, 11) is -1.85. The van der Waals surface area contributed by atoms with Crippen molar-refractivity contribution in [3.63, 3.8) is 0 Å². The van der Waals surface area contributed by atoms with E-state index in [9.17, 15) is 19.3 Å². The zero-order chi connectivity index (χ0) is 40.1. The van der Waals surface area contributed by atoms with Crippen molar-refractivity contribution in [2.24, 2.45) is 17.8 Å². The predicted octanol–water partition coefficient (Wildman–Crippen LogP) is 10.2. The molecule has 2 aliphatic rings. The summed E-state index contributed by atoms with van der Waals surface area (Å²) in [6.45, 7) is 19.9. The van der Waals surface area contributed by atoms with E-state index in [2.05, 4.69) is 46.9 Å². The van der Waals surface area contributed by atoms with Crippen molar-refractivity contribution < 1.29 is 37.8 Å². The maximum absolute atomic E-state index is 12.9. The minimum Gasteiger partial charge on any atom is -0.487 e. The number of carbonyl (C=O) groups is 2. The van der Waals surface area contributed by atoms with Crippen LogP contribution in [-0.2, 0) is 24.8 Å². The van der Waals surface area contributed by atoms with Crippen LogP contribution < -0.4 is 14.8 Å². The minimum absolute atomic E-state index is 0.0592. The molecule has 1 aromatic carbocycles. The number of aliphatic hydroxyl groups is 1. The second-order valence-corrected chi connectivity index (χ2v) is 19.6. The van der Waals surface area contributed by atoms with Gasteiger partial charge in [0.2, 0.25) is 5.91 Å². The largest absolute Gasteiger partial charge is 0.487 e. The number of carbonyl (C=O) groups excluding carboxylic acids is 2. The first-order valence-corrected chi connectivity index (χ1v) is 23.0. The standard InChI is InChI=1S/C43H75N2O8P/c1-30(2)17-14-18-31(3)19-15-20-32(4)21-16-24-43(8)25-23-38-35(7)40(33(5)34(6)41(38)53-43)52-42(48)44-26-13-11-12-22-39(47)45-28-37(46)27-36(45)29-51-54(10,49)50-9/h30-32,36-37,46H,11-29H2,1-10H3,(H,44,48)/t31-,32-,36?,37?,43?,54?/m1/s1. The fourth-order valence-electron chi connectivity index (χ4n) is 8.08. The van der Waals surface area contributed by atoms with E-state index in [4.69, 9.17) is 18.5 Å². The highest BCUT2D eigenvalue weighted by molar-refractivity contribution is 7.52. The highest BCUT2D eigenvalue weighted by Gasteiger charge is 2.36. The van der Waals surface area contributed by atoms with Crippen LogP contribution in [0.3, 0.4) is 0 Å². The monoisotopic (exact) mass is 779 g/mol. The molecule has 10 nitrogen and oxygen atoms in total. The maximum atomic E-state index is 12.9. The second kappa shape index (κ2) is 22.0. The van der Waals surface area contributed by atoms with Gasteiger partial charge in [-0.15, -0.1) is 0 Å². The van der Waals surface area contributed by atoms with Gasteiger partial charge in [-0.3, -0.25) is 9.36 Å². The quantitative estimate of drug-likeness (QED) is 0.0831. The predicted molar refractivity (Wildman–Crippen MR) is 218 cm³/mol. The summed E-state index contributed by atoms with van der Waals surface area (Å²) in [5.74, 6) is 3.90. The van der Waals surface area contributed by atoms with Gasteiger partial charge in [-0.05, 0) is 107 Å². The van der Waals surface area contributed by atoms with Crippen molar-refractivity contribution in [1.29, 1.82) is 0 Å². The number of β-amino-alcohol motifs (C(OH)–C–C–N with tert-alkyl or cyclic N) is 1. The molecule has 1 saturated heterocycles. The van der Waals surface area contributed by atoms with Gasteiger partial charge in [-0.25, -0.2) is 4.79 Å². The lowest BCUT2D eigenvalue weighted by molar-refractivity contribution is -0.133. The molecule has 0 spiro atoms. The Labute approximate surface area is 327 Å². The summed E-state index contributed by atoms with van der Waals surface area (Å²) >= 11 is 0. The zero-order valence-corrected chi connectivity index (χ0v) is 36.4. The van der Waals surface area contributed by atoms with Crippen LogP contribution in [0.5, 0.6) is 11.5 Å². The van der Waals surface area contributed by atoms with Crippen molar-refractivity contribution in [3.8, 4) is 11.5 Å². The van der Waals surface area contributed by atoms with E-state index in [1.165, 1.54) is 65.1 Å². The van der Waals surface area contributed by atoms with Crippen LogP contribution in [0.4, 0.5) is 4.79 Å². The molecular formula is C43H75N2O8P. The molecule has 0 bridgehead atoms. The number of likely N-dealkylation sites (tertiary alicyclic amines) is 1. The molecule has 6 atom stereocenters. The number of unbranched alkanes of at least 4 members (excludes halogenated alkanes) is 2. The lowest BCUT2D eigenvalue weighted by atomic mass is 9.83. The van der Waals surface area contributed by atoms with Crippen LogP contribution >= 0.6 is 7.60 Å². The number of amides is 2. The normalized spacial score (nSPS) is 22.0. The summed E-state index contributed by atoms with van der Waals surface area (Å²) < 4.78 is 35.1. The van der Waals surface area contributed by atoms with Gasteiger partial charge in [0.1, 0.15) is 17.1 Å². The van der Waals surface area contributed by atoms with E-state index in [-0.39, 0.29) is 30.7 Å². The molecule has 2 N–H and O–H groups in total. The fourth-order valence-corrected chi connectivity index (χ4v) is 8.63. The summed E-state index contributed by atoms with van der Waals surface area (Å²) in [4.78, 5) is 27.4. The van der Waals surface area contributed by atoms with Crippen molar-refractivity contribution in [3.05, 3.63) is 22.3 Å². The van der Waals surface area contributed by atoms with Crippen molar-refractivity contribution in [1.82, 2.24) is 10.2 Å². The highest BCUT2D eigenvalue weighted by atomic mass is 31.2. The van der Waals surface area contributed by atoms with Gasteiger partial charge in [0.15, 0.2) is 0 Å². The molecule has 1 aromatic rings. The Hall–Kier alpha value is -2.13. The van der Waals surface area contributed by atoms with Crippen LogP contribution in [-0.4, -0.2) is 73.2 Å². The first-order valence-electron chi connectivity index (χ1n) is 21.0. The molecule has 0 saturated carbocycles. The molecule has 0 aromatic heterocycles. The van der Waals surface area contributed by atoms with E-state index in [1.807, 2.05) is 13.8 Å². The number of aliphatic hydroxyl groups excluding tert-OH is 1. The number of fused-ring (bicyclic) bond motifs is 1. The van der Waals surface area contributed by atoms with Gasteiger partial charge in [0.05, 0.1) is 18.8 Å². The number of ether oxygens (including phenoxy) is 2. The fraction of sp³-hybridized carbons (Fsp3) is 0.814. The Morgan fingerprint density at radius 1 is 0.944 bits per heavy atom. The molecular weight excluding hydrogens is 703 g/mol. The highest BCUT2D eigenvalue weighted by Crippen LogP contribution is 2.45. The third-order valence-electron chi connectivity index (χ3n) is 11.9. The molecule has 1 fully saturated rings. The lowest BCUT2D eigenvalue weighted by Crippen LogP contribution is -2.38. The lowest BCUT2D eigenvalue weighted by Gasteiger charge is -2.38. The number of hydrogen-bond donors (Lipinski definition) is 2. The van der Waals surface area contributed by atoms with Crippen LogP contribution in [0, 0.1) is 38.5 Å². The Bertz CT molecular complexity index is 1400. The van der Waals surface area contributed by atoms with Gasteiger partial charge >= 0.3 is 13.7 Å². The van der Waals surface area contributed by atoms with Crippen LogP contribution in [0.25, 0.3) is 0 Å². The molecule has 310 valence electrons. The van der Waals surface area contributed by atoms with E-state index in [0.717, 1.165) is 71.4 Å². The molecule has 2 aliphatic heterocycles. The smallest absolute Gasteiger partial charge is 0.412 e. The third kappa shape index (κ3) is 14.7. The average molecular weight is 779 g/mol. The minimum atomic E-state index is -3.17. The van der Waals surface area contributed by atoms with Crippen molar-refractivity contribution in [2.45, 2.75) is 176 Å². The van der Waals surface area contributed by atoms with Crippen molar-refractivity contribution in [2.75, 3.05) is 33.5 Å². The zero-order valence-electron chi connectivity index (χ0n) is 35.5.